The highest BCUT2D eigenvalue weighted by Crippen LogP contribution is 2.40. The highest BCUT2D eigenvalue weighted by molar-refractivity contribution is 7.00. The number of benzene rings is 3. The normalized spacial score (nSPS) is 20.2. The maximum absolute atomic E-state index is 13.9. The quantitative estimate of drug-likeness (QED) is 0.108. The number of ether oxygens (including phenoxy) is 2. The lowest BCUT2D eigenvalue weighted by molar-refractivity contribution is -0.136. The number of nitrogens with zero attached hydrogens (tertiary/aromatic N) is 6. The fourth-order valence-electron chi connectivity index (χ4n) is 8.89. The highest BCUT2D eigenvalue weighted by atomic mass is 32.1. The lowest BCUT2D eigenvalue weighted by atomic mass is 9.97. The fraction of sp³-hybridized carbons (Fsp3) is 0.455. The second-order valence-electron chi connectivity index (χ2n) is 17.2. The molecule has 0 unspecified atom stereocenters. The van der Waals surface area contributed by atoms with Gasteiger partial charge in [0.05, 0.1) is 60.1 Å². The van der Waals surface area contributed by atoms with Gasteiger partial charge in [0.15, 0.2) is 0 Å². The van der Waals surface area contributed by atoms with E-state index in [1.54, 1.807) is 0 Å². The molecular weight excluding hydrogens is 797 g/mol. The van der Waals surface area contributed by atoms with Gasteiger partial charge in [-0.25, -0.2) is 19.6 Å². The van der Waals surface area contributed by atoms with Crippen molar-refractivity contribution < 1.29 is 28.7 Å². The number of H-pyrrole nitrogens is 2. The minimum Gasteiger partial charge on any atom is -0.453 e. The number of hydrogen-bond donors (Lipinski definition) is 4. The summed E-state index contributed by atoms with van der Waals surface area (Å²) >= 11 is 1.16. The topological polar surface area (TPSA) is 200 Å². The van der Waals surface area contributed by atoms with Crippen molar-refractivity contribution in [2.75, 3.05) is 27.3 Å². The summed E-state index contributed by atoms with van der Waals surface area (Å²) in [5.41, 5.74) is 8.49. The van der Waals surface area contributed by atoms with Crippen LogP contribution in [0.1, 0.15) is 78.1 Å². The molecule has 8 rings (SSSR count). The van der Waals surface area contributed by atoms with Crippen molar-refractivity contribution in [1.82, 2.24) is 49.1 Å². The van der Waals surface area contributed by atoms with E-state index in [4.69, 9.17) is 28.2 Å². The Morgan fingerprint density at radius 1 is 0.672 bits per heavy atom. The zero-order valence-corrected chi connectivity index (χ0v) is 36.4. The molecular formula is C44H52N10O6S. The summed E-state index contributed by atoms with van der Waals surface area (Å²) in [5.74, 6) is 1.33. The summed E-state index contributed by atoms with van der Waals surface area (Å²) in [6.45, 7) is 13.0. The van der Waals surface area contributed by atoms with E-state index >= 15 is 0 Å². The van der Waals surface area contributed by atoms with Gasteiger partial charge in [-0.3, -0.25) is 9.59 Å². The van der Waals surface area contributed by atoms with Crippen molar-refractivity contribution in [2.24, 2.45) is 23.7 Å². The number of rotatable bonds is 10. The molecule has 5 heterocycles. The Kier molecular flexibility index (Phi) is 11.4. The standard InChI is InChI=1S/C44H52N10O6S/c1-21(2)35(49-43(57)59-7)41(55)53-19-23(5)15-33(53)39-45-29-13-9-25(17-31(29)47-39)27-11-12-28(38-37(27)51-61-52-38)26-10-14-30-32(18-26)48-40(46-30)34-16-24(6)20-54(34)42(56)36(22(3)4)50-44(58)60-8/h9-14,17-18,21-24,33-36H,15-16,19-20H2,1-8H3,(H,45,47)(H,46,48)(H,49,57)(H,50,58)/t23-,24-,33-,34-,35-,36-/m0/s1. The van der Waals surface area contributed by atoms with Gasteiger partial charge in [0.1, 0.15) is 34.8 Å². The molecule has 4 amide bonds. The number of aromatic nitrogens is 6. The molecule has 2 saturated heterocycles. The van der Waals surface area contributed by atoms with Crippen LogP contribution < -0.4 is 10.6 Å². The first-order valence-electron chi connectivity index (χ1n) is 20.8. The van der Waals surface area contributed by atoms with Gasteiger partial charge in [0.2, 0.25) is 11.8 Å². The smallest absolute Gasteiger partial charge is 0.407 e. The number of carbonyl (C=O) groups excluding carboxylic acids is 4. The van der Waals surface area contributed by atoms with Crippen LogP contribution >= 0.6 is 11.7 Å². The van der Waals surface area contributed by atoms with Crippen LogP contribution in [0.3, 0.4) is 0 Å². The Balaban J connectivity index is 1.06. The van der Waals surface area contributed by atoms with Crippen molar-refractivity contribution in [1.29, 1.82) is 0 Å². The van der Waals surface area contributed by atoms with E-state index in [2.05, 4.69) is 46.6 Å². The fourth-order valence-corrected chi connectivity index (χ4v) is 9.46. The predicted octanol–water partition coefficient (Wildman–Crippen LogP) is 7.36. The van der Waals surface area contributed by atoms with Gasteiger partial charge in [-0.2, -0.15) is 8.75 Å². The average Bonchev–Trinajstić information content (AvgIpc) is 4.09. The van der Waals surface area contributed by atoms with Crippen LogP contribution in [0.4, 0.5) is 9.59 Å². The van der Waals surface area contributed by atoms with E-state index in [0.29, 0.717) is 24.7 Å². The Labute approximate surface area is 357 Å². The molecule has 2 fully saturated rings. The monoisotopic (exact) mass is 848 g/mol. The molecule has 0 aliphatic carbocycles. The third-order valence-electron chi connectivity index (χ3n) is 12.0. The molecule has 3 aromatic heterocycles. The molecule has 0 spiro atoms. The summed E-state index contributed by atoms with van der Waals surface area (Å²) in [6.07, 6.45) is 0.212. The maximum atomic E-state index is 13.9. The molecule has 6 atom stereocenters. The Hall–Kier alpha value is -6.10. The first kappa shape index (κ1) is 41.6. The first-order valence-corrected chi connectivity index (χ1v) is 21.5. The molecule has 2 aliphatic heterocycles. The van der Waals surface area contributed by atoms with Gasteiger partial charge in [0, 0.05) is 24.2 Å². The van der Waals surface area contributed by atoms with Crippen molar-refractivity contribution in [2.45, 2.75) is 78.6 Å². The highest BCUT2D eigenvalue weighted by Gasteiger charge is 2.42. The number of fused-ring (bicyclic) bond motifs is 3. The van der Waals surface area contributed by atoms with E-state index < -0.39 is 24.3 Å². The Bertz CT molecular complexity index is 2460. The zero-order chi connectivity index (χ0) is 43.3. The van der Waals surface area contributed by atoms with Crippen LogP contribution in [0.25, 0.3) is 55.4 Å². The van der Waals surface area contributed by atoms with E-state index in [1.165, 1.54) is 14.2 Å². The molecule has 61 heavy (non-hydrogen) atoms. The number of hydrogen-bond acceptors (Lipinski definition) is 11. The Morgan fingerprint density at radius 2 is 1.08 bits per heavy atom. The summed E-state index contributed by atoms with van der Waals surface area (Å²) in [5, 5.41) is 5.45. The maximum Gasteiger partial charge on any atom is 0.407 e. The van der Waals surface area contributed by atoms with Crippen molar-refractivity contribution in [3.63, 3.8) is 0 Å². The van der Waals surface area contributed by atoms with E-state index in [1.807, 2.05) is 73.9 Å². The second-order valence-corrected chi connectivity index (χ2v) is 17.8. The van der Waals surface area contributed by atoms with Gasteiger partial charge in [0.25, 0.3) is 0 Å². The van der Waals surface area contributed by atoms with Gasteiger partial charge in [-0.05, 0) is 71.9 Å². The average molecular weight is 849 g/mol. The zero-order valence-electron chi connectivity index (χ0n) is 35.6. The van der Waals surface area contributed by atoms with Crippen LogP contribution in [0.15, 0.2) is 48.5 Å². The lowest BCUT2D eigenvalue weighted by Crippen LogP contribution is -2.51. The molecule has 4 N–H and O–H groups in total. The molecule has 0 bridgehead atoms. The van der Waals surface area contributed by atoms with Gasteiger partial charge >= 0.3 is 12.2 Å². The van der Waals surface area contributed by atoms with Crippen molar-refractivity contribution in [3.05, 3.63) is 60.2 Å². The van der Waals surface area contributed by atoms with Gasteiger partial charge < -0.3 is 39.9 Å². The summed E-state index contributed by atoms with van der Waals surface area (Å²) in [6, 6.07) is 14.3. The summed E-state index contributed by atoms with van der Waals surface area (Å²) < 4.78 is 19.1. The lowest BCUT2D eigenvalue weighted by Gasteiger charge is -2.30. The minimum absolute atomic E-state index is 0.135. The number of alkyl carbamates (subject to hydrolysis) is 2. The number of likely N-dealkylation sites (tertiary alicyclic amines) is 2. The second kappa shape index (κ2) is 16.7. The molecule has 16 nitrogen and oxygen atoms in total. The van der Waals surface area contributed by atoms with Crippen molar-refractivity contribution in [3.8, 4) is 22.3 Å². The van der Waals surface area contributed by atoms with Crippen LogP contribution in [-0.2, 0) is 19.1 Å². The number of imidazole rings is 2. The molecule has 0 saturated carbocycles. The minimum atomic E-state index is -0.724. The van der Waals surface area contributed by atoms with Crippen LogP contribution in [-0.4, -0.2) is 102 Å². The van der Waals surface area contributed by atoms with E-state index in [9.17, 15) is 19.2 Å². The molecule has 320 valence electrons. The number of aromatic amines is 2. The molecule has 17 heteroatoms. The van der Waals surface area contributed by atoms with Gasteiger partial charge in [-0.1, -0.05) is 65.8 Å². The SMILES string of the molecule is COC(=O)N[C@H](C(=O)N1C[C@@H](C)C[C@H]1c1nc2cc(-c3ccc(-c4ccc5[nH]c([C@@H]6C[C@H](C)CN6C(=O)[C@@H](NC(=O)OC)C(C)C)nc5c4)c4nsnc34)ccc2[nH]1)C(C)C. The Morgan fingerprint density at radius 3 is 1.46 bits per heavy atom. The first-order chi connectivity index (χ1) is 29.2. The molecule has 6 aromatic rings. The summed E-state index contributed by atoms with van der Waals surface area (Å²) in [4.78, 5) is 72.6. The molecule has 3 aromatic carbocycles. The van der Waals surface area contributed by atoms with Gasteiger partial charge in [-0.15, -0.1) is 0 Å². The van der Waals surface area contributed by atoms with E-state index in [0.717, 1.165) is 79.9 Å². The third-order valence-corrected chi connectivity index (χ3v) is 12.6. The van der Waals surface area contributed by atoms with Crippen LogP contribution in [0.2, 0.25) is 0 Å². The largest absolute Gasteiger partial charge is 0.453 e. The number of nitrogens with one attached hydrogen (secondary N) is 4. The predicted molar refractivity (Wildman–Crippen MR) is 232 cm³/mol. The number of carbonyl (C=O) groups is 4. The number of amides is 4. The van der Waals surface area contributed by atoms with E-state index in [-0.39, 0.29) is 47.6 Å². The van der Waals surface area contributed by atoms with Crippen molar-refractivity contribution >= 4 is 68.8 Å². The van der Waals surface area contributed by atoms with Crippen LogP contribution in [0.5, 0.6) is 0 Å². The summed E-state index contributed by atoms with van der Waals surface area (Å²) in [7, 11) is 2.58. The molecule has 0 radical (unpaired) electrons. The third kappa shape index (κ3) is 7.98. The van der Waals surface area contributed by atoms with Crippen LogP contribution in [0, 0.1) is 23.7 Å². The molecule has 2 aliphatic rings. The number of methoxy groups -OCH3 is 2.